The summed E-state index contributed by atoms with van der Waals surface area (Å²) < 4.78 is 30.4. The average molecular weight is 277 g/mol. The molecule has 2 heterocycles. The SMILES string of the molecule is Cc1cnn(CCn2c(N)nc3ccc(F)c(F)c32)c1. The van der Waals surface area contributed by atoms with Crippen molar-refractivity contribution in [2.45, 2.75) is 20.0 Å². The van der Waals surface area contributed by atoms with E-state index < -0.39 is 11.6 Å². The maximum Gasteiger partial charge on any atom is 0.201 e. The van der Waals surface area contributed by atoms with Crippen LogP contribution in [0.2, 0.25) is 0 Å². The van der Waals surface area contributed by atoms with E-state index in [0.717, 1.165) is 11.6 Å². The molecule has 0 aliphatic carbocycles. The number of nitrogens with zero attached hydrogens (tertiary/aromatic N) is 4. The van der Waals surface area contributed by atoms with Gasteiger partial charge < -0.3 is 10.3 Å². The van der Waals surface area contributed by atoms with Crippen molar-refractivity contribution >= 4 is 17.0 Å². The number of rotatable bonds is 3. The van der Waals surface area contributed by atoms with E-state index in [2.05, 4.69) is 10.1 Å². The number of halogens is 2. The predicted molar refractivity (Wildman–Crippen MR) is 71.0 cm³/mol. The van der Waals surface area contributed by atoms with Crippen molar-refractivity contribution in [1.82, 2.24) is 19.3 Å². The zero-order chi connectivity index (χ0) is 14.3. The van der Waals surface area contributed by atoms with Crippen molar-refractivity contribution in [3.8, 4) is 0 Å². The lowest BCUT2D eigenvalue weighted by Crippen LogP contribution is -2.11. The maximum atomic E-state index is 13.9. The number of benzene rings is 1. The second-order valence-electron chi connectivity index (χ2n) is 4.63. The molecule has 0 aliphatic heterocycles. The Kier molecular flexibility index (Phi) is 2.89. The van der Waals surface area contributed by atoms with E-state index in [0.29, 0.717) is 18.6 Å². The monoisotopic (exact) mass is 277 g/mol. The zero-order valence-corrected chi connectivity index (χ0v) is 10.8. The van der Waals surface area contributed by atoms with Gasteiger partial charge in [0.2, 0.25) is 5.95 Å². The molecule has 2 aromatic heterocycles. The number of anilines is 1. The summed E-state index contributed by atoms with van der Waals surface area (Å²) in [5.74, 6) is -1.68. The predicted octanol–water partition coefficient (Wildman–Crippen LogP) is 2.10. The van der Waals surface area contributed by atoms with Gasteiger partial charge in [-0.3, -0.25) is 4.68 Å². The molecule has 20 heavy (non-hydrogen) atoms. The number of nitrogens with two attached hydrogens (primary N) is 1. The van der Waals surface area contributed by atoms with Gasteiger partial charge in [0.25, 0.3) is 0 Å². The van der Waals surface area contributed by atoms with Gasteiger partial charge in [-0.25, -0.2) is 13.8 Å². The Hall–Kier alpha value is -2.44. The smallest absolute Gasteiger partial charge is 0.201 e. The lowest BCUT2D eigenvalue weighted by molar-refractivity contribution is 0.503. The summed E-state index contributed by atoms with van der Waals surface area (Å²) in [5.41, 5.74) is 7.24. The van der Waals surface area contributed by atoms with Gasteiger partial charge in [-0.2, -0.15) is 5.10 Å². The van der Waals surface area contributed by atoms with Gasteiger partial charge in [-0.1, -0.05) is 0 Å². The number of nitrogen functional groups attached to an aromatic ring is 1. The van der Waals surface area contributed by atoms with E-state index in [1.807, 2.05) is 13.1 Å². The highest BCUT2D eigenvalue weighted by molar-refractivity contribution is 5.79. The Balaban J connectivity index is 1.98. The molecule has 0 atom stereocenters. The van der Waals surface area contributed by atoms with Gasteiger partial charge in [0, 0.05) is 12.7 Å². The number of hydrogen-bond acceptors (Lipinski definition) is 3. The second-order valence-corrected chi connectivity index (χ2v) is 4.63. The number of imidazole rings is 1. The molecule has 0 radical (unpaired) electrons. The third kappa shape index (κ3) is 2.01. The highest BCUT2D eigenvalue weighted by atomic mass is 19.2. The van der Waals surface area contributed by atoms with Gasteiger partial charge >= 0.3 is 0 Å². The molecule has 2 N–H and O–H groups in total. The quantitative estimate of drug-likeness (QED) is 0.797. The summed E-state index contributed by atoms with van der Waals surface area (Å²) >= 11 is 0. The molecule has 0 spiro atoms. The maximum absolute atomic E-state index is 13.9. The molecule has 0 fully saturated rings. The van der Waals surface area contributed by atoms with Crippen molar-refractivity contribution in [2.24, 2.45) is 0 Å². The normalized spacial score (nSPS) is 11.3. The number of fused-ring (bicyclic) bond motifs is 1. The van der Waals surface area contributed by atoms with Crippen LogP contribution in [0.15, 0.2) is 24.5 Å². The molecular formula is C13H13F2N5. The molecule has 3 rings (SSSR count). The van der Waals surface area contributed by atoms with E-state index in [4.69, 9.17) is 5.73 Å². The first-order valence-corrected chi connectivity index (χ1v) is 6.15. The zero-order valence-electron chi connectivity index (χ0n) is 10.8. The van der Waals surface area contributed by atoms with E-state index in [1.54, 1.807) is 10.9 Å². The van der Waals surface area contributed by atoms with Gasteiger partial charge in [0.1, 0.15) is 5.52 Å². The Morgan fingerprint density at radius 1 is 1.25 bits per heavy atom. The molecule has 0 bridgehead atoms. The molecule has 5 nitrogen and oxygen atoms in total. The fourth-order valence-corrected chi connectivity index (χ4v) is 2.19. The summed E-state index contributed by atoms with van der Waals surface area (Å²) in [5, 5.41) is 4.14. The first-order valence-electron chi connectivity index (χ1n) is 6.15. The summed E-state index contributed by atoms with van der Waals surface area (Å²) in [7, 11) is 0. The van der Waals surface area contributed by atoms with E-state index in [-0.39, 0.29) is 11.5 Å². The first kappa shape index (κ1) is 12.6. The van der Waals surface area contributed by atoms with Gasteiger partial charge in [0.05, 0.1) is 18.3 Å². The molecule has 0 amide bonds. The first-order chi connectivity index (χ1) is 9.56. The Morgan fingerprint density at radius 3 is 2.75 bits per heavy atom. The second kappa shape index (κ2) is 4.59. The minimum Gasteiger partial charge on any atom is -0.369 e. The van der Waals surface area contributed by atoms with Crippen LogP contribution in [0.1, 0.15) is 5.56 Å². The van der Waals surface area contributed by atoms with Crippen molar-refractivity contribution in [2.75, 3.05) is 5.73 Å². The molecule has 0 aliphatic rings. The van der Waals surface area contributed by atoms with Crippen LogP contribution in [0.5, 0.6) is 0 Å². The fourth-order valence-electron chi connectivity index (χ4n) is 2.19. The number of hydrogen-bond donors (Lipinski definition) is 1. The summed E-state index contributed by atoms with van der Waals surface area (Å²) in [4.78, 5) is 4.04. The van der Waals surface area contributed by atoms with Crippen LogP contribution < -0.4 is 5.73 Å². The minimum atomic E-state index is -0.927. The van der Waals surface area contributed by atoms with Crippen molar-refractivity contribution in [3.05, 3.63) is 41.7 Å². The molecule has 7 heteroatoms. The molecule has 104 valence electrons. The van der Waals surface area contributed by atoms with Crippen LogP contribution in [0, 0.1) is 18.6 Å². The van der Waals surface area contributed by atoms with Gasteiger partial charge in [-0.15, -0.1) is 0 Å². The van der Waals surface area contributed by atoms with Crippen LogP contribution in [0.25, 0.3) is 11.0 Å². The summed E-state index contributed by atoms with van der Waals surface area (Å²) in [6.45, 7) is 2.79. The number of aromatic nitrogens is 4. The standard InChI is InChI=1S/C13H13F2N5/c1-8-6-17-19(7-8)4-5-20-12-10(18-13(20)16)3-2-9(14)11(12)15/h2-3,6-7H,4-5H2,1H3,(H2,16,18). The van der Waals surface area contributed by atoms with Gasteiger partial charge in [0.15, 0.2) is 11.6 Å². The summed E-state index contributed by atoms with van der Waals surface area (Å²) in [6, 6.07) is 2.46. The molecule has 0 unspecified atom stereocenters. The third-order valence-corrected chi connectivity index (χ3v) is 3.14. The molecular weight excluding hydrogens is 264 g/mol. The van der Waals surface area contributed by atoms with Crippen LogP contribution >= 0.6 is 0 Å². The Bertz CT molecular complexity index is 775. The lowest BCUT2D eigenvalue weighted by Gasteiger charge is -2.07. The Morgan fingerprint density at radius 2 is 2.05 bits per heavy atom. The lowest BCUT2D eigenvalue weighted by atomic mass is 10.3. The van der Waals surface area contributed by atoms with Crippen LogP contribution in [-0.2, 0) is 13.1 Å². The summed E-state index contributed by atoms with van der Waals surface area (Å²) in [6.07, 6.45) is 3.60. The third-order valence-electron chi connectivity index (χ3n) is 3.14. The van der Waals surface area contributed by atoms with Crippen molar-refractivity contribution in [3.63, 3.8) is 0 Å². The van der Waals surface area contributed by atoms with E-state index >= 15 is 0 Å². The molecule has 3 aromatic rings. The minimum absolute atomic E-state index is 0.0892. The van der Waals surface area contributed by atoms with E-state index in [9.17, 15) is 8.78 Å². The van der Waals surface area contributed by atoms with Crippen LogP contribution in [0.3, 0.4) is 0 Å². The highest BCUT2D eigenvalue weighted by Gasteiger charge is 2.15. The molecule has 0 saturated heterocycles. The number of aryl methyl sites for hydroxylation is 3. The fraction of sp³-hybridized carbons (Fsp3) is 0.231. The van der Waals surface area contributed by atoms with Gasteiger partial charge in [-0.05, 0) is 24.6 Å². The highest BCUT2D eigenvalue weighted by Crippen LogP contribution is 2.23. The Labute approximate surface area is 113 Å². The van der Waals surface area contributed by atoms with Crippen LogP contribution in [0.4, 0.5) is 14.7 Å². The molecule has 0 saturated carbocycles. The molecule has 1 aromatic carbocycles. The topological polar surface area (TPSA) is 61.7 Å². The van der Waals surface area contributed by atoms with Crippen LogP contribution in [-0.4, -0.2) is 19.3 Å². The van der Waals surface area contributed by atoms with E-state index in [1.165, 1.54) is 10.6 Å². The van der Waals surface area contributed by atoms with Crippen molar-refractivity contribution in [1.29, 1.82) is 0 Å². The largest absolute Gasteiger partial charge is 0.369 e. The van der Waals surface area contributed by atoms with Crippen molar-refractivity contribution < 1.29 is 8.78 Å². The average Bonchev–Trinajstić information content (AvgIpc) is 2.95.